The third-order valence-corrected chi connectivity index (χ3v) is 9.56. The summed E-state index contributed by atoms with van der Waals surface area (Å²) in [5, 5.41) is 5.13. The molecule has 42 heavy (non-hydrogen) atoms. The molecule has 0 spiro atoms. The van der Waals surface area contributed by atoms with Gasteiger partial charge in [0.15, 0.2) is 0 Å². The van der Waals surface area contributed by atoms with E-state index in [1.54, 1.807) is 0 Å². The number of rotatable bonds is 1. The monoisotopic (exact) mass is 535 g/mol. The normalized spacial score (nSPS) is 14.1. The third kappa shape index (κ3) is 3.14. The molecule has 1 aliphatic carbocycles. The van der Waals surface area contributed by atoms with Gasteiger partial charge in [-0.05, 0) is 91.5 Å². The van der Waals surface area contributed by atoms with E-state index in [1.807, 2.05) is 0 Å². The Hall–Kier alpha value is -5.14. The van der Waals surface area contributed by atoms with Gasteiger partial charge in [0.1, 0.15) is 0 Å². The minimum Gasteiger partial charge on any atom is -0.309 e. The zero-order chi connectivity index (χ0) is 28.0. The lowest BCUT2D eigenvalue weighted by Gasteiger charge is -2.32. The van der Waals surface area contributed by atoms with E-state index in [0.717, 1.165) is 0 Å². The molecule has 9 rings (SSSR count). The lowest BCUT2D eigenvalue weighted by Crippen LogP contribution is -2.16. The summed E-state index contributed by atoms with van der Waals surface area (Å²) in [6.45, 7) is 4.73. The smallest absolute Gasteiger partial charge is 0.0546 e. The maximum Gasteiger partial charge on any atom is 0.0546 e. The van der Waals surface area contributed by atoms with Crippen molar-refractivity contribution in [2.75, 3.05) is 4.90 Å². The molecule has 2 aliphatic rings. The molecular weight excluding hydrogens is 506 g/mol. The van der Waals surface area contributed by atoms with Gasteiger partial charge in [-0.1, -0.05) is 117 Å². The van der Waals surface area contributed by atoms with Crippen LogP contribution < -0.4 is 4.90 Å². The first-order chi connectivity index (χ1) is 20.6. The van der Waals surface area contributed by atoms with E-state index >= 15 is 0 Å². The Balaban J connectivity index is 1.37. The Morgan fingerprint density at radius 3 is 1.79 bits per heavy atom. The van der Waals surface area contributed by atoms with Crippen LogP contribution in [-0.4, -0.2) is 0 Å². The third-order valence-electron chi connectivity index (χ3n) is 9.56. The molecule has 1 heteroatoms. The molecule has 0 radical (unpaired) electrons. The molecule has 0 fully saturated rings. The highest BCUT2D eigenvalue weighted by atomic mass is 15.1. The van der Waals surface area contributed by atoms with Crippen LogP contribution >= 0.6 is 0 Å². The van der Waals surface area contributed by atoms with Gasteiger partial charge in [0.05, 0.1) is 11.4 Å². The molecule has 0 bridgehead atoms. The van der Waals surface area contributed by atoms with Crippen LogP contribution in [0, 0.1) is 0 Å². The van der Waals surface area contributed by atoms with E-state index in [2.05, 4.69) is 158 Å². The van der Waals surface area contributed by atoms with Crippen molar-refractivity contribution in [3.63, 3.8) is 0 Å². The van der Waals surface area contributed by atoms with E-state index in [0.29, 0.717) is 0 Å². The van der Waals surface area contributed by atoms with E-state index in [-0.39, 0.29) is 5.41 Å². The highest BCUT2D eigenvalue weighted by Gasteiger charge is 2.36. The fraction of sp³-hybridized carbons (Fsp3) is 0.0732. The summed E-state index contributed by atoms with van der Waals surface area (Å²) in [6.07, 6.45) is 0. The number of fused-ring (bicyclic) bond motifs is 8. The Labute approximate surface area is 246 Å². The summed E-state index contributed by atoms with van der Waals surface area (Å²) in [5.41, 5.74) is 14.1. The average molecular weight is 536 g/mol. The van der Waals surface area contributed by atoms with Crippen LogP contribution in [0.25, 0.3) is 54.9 Å². The SMILES string of the molecule is CC1(C)c2ccc(N3c4ccccc4-c4ccccc4-c4cccc5cccc3c45)cc2-c2cc3ccccc3cc21. The maximum absolute atomic E-state index is 2.49. The summed E-state index contributed by atoms with van der Waals surface area (Å²) >= 11 is 0. The topological polar surface area (TPSA) is 3.24 Å². The number of hydrogen-bond donors (Lipinski definition) is 0. The van der Waals surface area contributed by atoms with Gasteiger partial charge >= 0.3 is 0 Å². The van der Waals surface area contributed by atoms with Gasteiger partial charge in [0.25, 0.3) is 0 Å². The van der Waals surface area contributed by atoms with Gasteiger partial charge in [-0.3, -0.25) is 0 Å². The van der Waals surface area contributed by atoms with Crippen molar-refractivity contribution in [3.05, 3.63) is 151 Å². The zero-order valence-corrected chi connectivity index (χ0v) is 23.7. The first kappa shape index (κ1) is 23.6. The zero-order valence-electron chi connectivity index (χ0n) is 23.7. The average Bonchev–Trinajstić information content (AvgIpc) is 3.24. The predicted molar refractivity (Wildman–Crippen MR) is 178 cm³/mol. The molecule has 7 aromatic rings. The van der Waals surface area contributed by atoms with E-state index in [1.165, 1.54) is 83.1 Å². The lowest BCUT2D eigenvalue weighted by molar-refractivity contribution is 0.661. The quantitative estimate of drug-likeness (QED) is 0.202. The van der Waals surface area contributed by atoms with Crippen LogP contribution in [0.1, 0.15) is 25.0 Å². The van der Waals surface area contributed by atoms with Gasteiger partial charge in [0, 0.05) is 22.1 Å². The second-order valence-corrected chi connectivity index (χ2v) is 12.2. The Bertz CT molecular complexity index is 2230. The molecule has 1 aliphatic heterocycles. The van der Waals surface area contributed by atoms with Crippen molar-refractivity contribution < 1.29 is 0 Å². The van der Waals surface area contributed by atoms with Crippen molar-refractivity contribution >= 4 is 38.6 Å². The van der Waals surface area contributed by atoms with Gasteiger partial charge < -0.3 is 4.90 Å². The van der Waals surface area contributed by atoms with Gasteiger partial charge in [-0.2, -0.15) is 0 Å². The van der Waals surface area contributed by atoms with Crippen molar-refractivity contribution in [2.24, 2.45) is 0 Å². The van der Waals surface area contributed by atoms with Crippen LogP contribution in [0.4, 0.5) is 17.1 Å². The Kier molecular flexibility index (Phi) is 4.73. The lowest BCUT2D eigenvalue weighted by atomic mass is 9.82. The number of benzene rings is 7. The fourth-order valence-corrected chi connectivity index (χ4v) is 7.55. The molecule has 0 amide bonds. The Morgan fingerprint density at radius 2 is 0.976 bits per heavy atom. The number of nitrogens with zero attached hydrogens (tertiary/aromatic N) is 1. The van der Waals surface area contributed by atoms with Gasteiger partial charge in [-0.15, -0.1) is 0 Å². The second kappa shape index (κ2) is 8.44. The summed E-state index contributed by atoms with van der Waals surface area (Å²) < 4.78 is 0. The molecule has 1 heterocycles. The standard InChI is InChI=1S/C41H29N/c1-41(2)36-22-21-29(25-35(36)34-23-27-11-3-4-12-28(27)24-37(34)41)42-38-19-8-7-17-32(38)30-15-5-6-16-31(30)33-18-9-13-26-14-10-20-39(42)40(26)33/h3-25H,1-2H3. The first-order valence-electron chi connectivity index (χ1n) is 14.8. The molecule has 0 atom stereocenters. The van der Waals surface area contributed by atoms with Crippen LogP contribution in [0.15, 0.2) is 140 Å². The number of anilines is 3. The van der Waals surface area contributed by atoms with Gasteiger partial charge in [0.2, 0.25) is 0 Å². The molecule has 0 saturated heterocycles. The minimum absolute atomic E-state index is 0.0625. The van der Waals surface area contributed by atoms with E-state index in [4.69, 9.17) is 0 Å². The molecule has 198 valence electrons. The van der Waals surface area contributed by atoms with E-state index in [9.17, 15) is 0 Å². The molecule has 0 unspecified atom stereocenters. The van der Waals surface area contributed by atoms with Crippen molar-refractivity contribution in [2.45, 2.75) is 19.3 Å². The highest BCUT2D eigenvalue weighted by Crippen LogP contribution is 2.54. The predicted octanol–water partition coefficient (Wildman–Crippen LogP) is 11.4. The minimum atomic E-state index is -0.0625. The fourth-order valence-electron chi connectivity index (χ4n) is 7.55. The van der Waals surface area contributed by atoms with Gasteiger partial charge in [-0.25, -0.2) is 0 Å². The summed E-state index contributed by atoms with van der Waals surface area (Å²) in [7, 11) is 0. The number of hydrogen-bond acceptors (Lipinski definition) is 1. The number of para-hydroxylation sites is 1. The van der Waals surface area contributed by atoms with Crippen LogP contribution in [0.5, 0.6) is 0 Å². The highest BCUT2D eigenvalue weighted by molar-refractivity contribution is 6.12. The van der Waals surface area contributed by atoms with Crippen molar-refractivity contribution in [3.8, 4) is 33.4 Å². The van der Waals surface area contributed by atoms with Crippen LogP contribution in [0.2, 0.25) is 0 Å². The Morgan fingerprint density at radius 1 is 0.405 bits per heavy atom. The molecule has 1 nitrogen and oxygen atoms in total. The van der Waals surface area contributed by atoms with Crippen LogP contribution in [0.3, 0.4) is 0 Å². The maximum atomic E-state index is 2.49. The van der Waals surface area contributed by atoms with Crippen LogP contribution in [-0.2, 0) is 5.41 Å². The molecule has 0 saturated carbocycles. The van der Waals surface area contributed by atoms with Crippen molar-refractivity contribution in [1.29, 1.82) is 0 Å². The molecule has 0 N–H and O–H groups in total. The van der Waals surface area contributed by atoms with Crippen molar-refractivity contribution in [1.82, 2.24) is 0 Å². The van der Waals surface area contributed by atoms with E-state index < -0.39 is 0 Å². The summed E-state index contributed by atoms with van der Waals surface area (Å²) in [5.74, 6) is 0. The second-order valence-electron chi connectivity index (χ2n) is 12.2. The first-order valence-corrected chi connectivity index (χ1v) is 14.8. The molecule has 7 aromatic carbocycles. The molecule has 0 aromatic heterocycles. The molecular formula is C41H29N. The summed E-state index contributed by atoms with van der Waals surface area (Å²) in [6, 6.07) is 51.8. The largest absolute Gasteiger partial charge is 0.309 e. The summed E-state index contributed by atoms with van der Waals surface area (Å²) in [4.78, 5) is 2.49.